The van der Waals surface area contributed by atoms with Crippen LogP contribution in [0.2, 0.25) is 0 Å². The van der Waals surface area contributed by atoms with E-state index in [2.05, 4.69) is 0 Å². The van der Waals surface area contributed by atoms with Crippen molar-refractivity contribution >= 4 is 11.9 Å². The maximum Gasteiger partial charge on any atom is 0.383 e. The van der Waals surface area contributed by atoms with Crippen LogP contribution in [-0.2, 0) is 4.79 Å². The number of carbonyl (C=O) groups excluding carboxylic acids is 2. The number of hydrogen-bond acceptors (Lipinski definition) is 2. The van der Waals surface area contributed by atoms with E-state index in [9.17, 15) is 27.2 Å². The van der Waals surface area contributed by atoms with Crippen molar-refractivity contribution in [3.8, 4) is 0 Å². The summed E-state index contributed by atoms with van der Waals surface area (Å²) >= 11 is 0. The van der Waals surface area contributed by atoms with E-state index in [1.165, 1.54) is 23.9 Å². The minimum atomic E-state index is -4.67. The van der Waals surface area contributed by atoms with Gasteiger partial charge in [-0.1, -0.05) is 0 Å². The van der Waals surface area contributed by atoms with Crippen LogP contribution in [0.15, 0.2) is 0 Å². The van der Waals surface area contributed by atoms with Gasteiger partial charge in [-0.25, -0.2) is 13.6 Å². The smallest absolute Gasteiger partial charge is 0.334 e. The number of piperazine rings is 1. The summed E-state index contributed by atoms with van der Waals surface area (Å²) in [5, 5.41) is 0. The SMILES string of the molecule is CN(C)C(=O)N1CCN(C(=O)C(F)(F)C(F)F)CC1. The first kappa shape index (κ1) is 15.5. The average Bonchev–Trinajstić information content (AvgIpc) is 2.36. The van der Waals surface area contributed by atoms with Gasteiger partial charge in [0.15, 0.2) is 0 Å². The van der Waals surface area contributed by atoms with Crippen LogP contribution < -0.4 is 0 Å². The van der Waals surface area contributed by atoms with Gasteiger partial charge in [-0.05, 0) is 0 Å². The molecule has 0 bridgehead atoms. The molecule has 1 heterocycles. The highest BCUT2D eigenvalue weighted by atomic mass is 19.3. The van der Waals surface area contributed by atoms with E-state index in [1.807, 2.05) is 0 Å². The molecule has 0 aliphatic carbocycles. The van der Waals surface area contributed by atoms with Crippen LogP contribution in [0.4, 0.5) is 22.4 Å². The molecule has 1 rings (SSSR count). The molecule has 3 amide bonds. The Morgan fingerprint density at radius 2 is 1.47 bits per heavy atom. The van der Waals surface area contributed by atoms with Crippen LogP contribution >= 0.6 is 0 Å². The van der Waals surface area contributed by atoms with Crippen molar-refractivity contribution in [1.82, 2.24) is 14.7 Å². The molecule has 0 aromatic heterocycles. The number of hydrogen-bond donors (Lipinski definition) is 0. The quantitative estimate of drug-likeness (QED) is 0.701. The Kier molecular flexibility index (Phi) is 4.59. The number of carbonyl (C=O) groups is 2. The lowest BCUT2D eigenvalue weighted by Crippen LogP contribution is -2.57. The highest BCUT2D eigenvalue weighted by Gasteiger charge is 2.51. The molecule has 1 aliphatic rings. The van der Waals surface area contributed by atoms with Crippen LogP contribution in [0.3, 0.4) is 0 Å². The van der Waals surface area contributed by atoms with Crippen LogP contribution in [0.5, 0.6) is 0 Å². The average molecular weight is 285 g/mol. The minimum Gasteiger partial charge on any atom is -0.334 e. The molecular weight excluding hydrogens is 270 g/mol. The molecule has 1 saturated heterocycles. The van der Waals surface area contributed by atoms with Crippen molar-refractivity contribution in [2.24, 2.45) is 0 Å². The Balaban J connectivity index is 2.60. The Bertz CT molecular complexity index is 355. The van der Waals surface area contributed by atoms with E-state index in [1.54, 1.807) is 0 Å². The topological polar surface area (TPSA) is 43.9 Å². The first-order valence-corrected chi connectivity index (χ1v) is 5.59. The van der Waals surface area contributed by atoms with Gasteiger partial charge in [0.2, 0.25) is 0 Å². The van der Waals surface area contributed by atoms with Gasteiger partial charge in [-0.3, -0.25) is 4.79 Å². The Morgan fingerprint density at radius 1 is 1.05 bits per heavy atom. The largest absolute Gasteiger partial charge is 0.383 e. The maximum absolute atomic E-state index is 12.9. The Hall–Kier alpha value is -1.54. The predicted molar refractivity (Wildman–Crippen MR) is 58.2 cm³/mol. The van der Waals surface area contributed by atoms with Gasteiger partial charge in [0.05, 0.1) is 0 Å². The summed E-state index contributed by atoms with van der Waals surface area (Å²) < 4.78 is 49.9. The first-order chi connectivity index (χ1) is 8.67. The summed E-state index contributed by atoms with van der Waals surface area (Å²) in [5.74, 6) is -6.56. The predicted octanol–water partition coefficient (Wildman–Crippen LogP) is 0.713. The first-order valence-electron chi connectivity index (χ1n) is 5.59. The molecule has 0 atom stereocenters. The lowest BCUT2D eigenvalue weighted by Gasteiger charge is -2.37. The Morgan fingerprint density at radius 3 is 1.84 bits per heavy atom. The van der Waals surface area contributed by atoms with Gasteiger partial charge in [-0.2, -0.15) is 8.78 Å². The zero-order valence-electron chi connectivity index (χ0n) is 10.6. The number of nitrogens with zero attached hydrogens (tertiary/aromatic N) is 3. The molecule has 0 spiro atoms. The van der Waals surface area contributed by atoms with Gasteiger partial charge in [0.1, 0.15) is 0 Å². The minimum absolute atomic E-state index is 0.0437. The van der Waals surface area contributed by atoms with Crippen molar-refractivity contribution in [3.05, 3.63) is 0 Å². The normalized spacial score (nSPS) is 16.8. The Labute approximate surface area is 107 Å². The lowest BCUT2D eigenvalue weighted by atomic mass is 10.2. The van der Waals surface area contributed by atoms with E-state index in [0.717, 1.165) is 0 Å². The van der Waals surface area contributed by atoms with Gasteiger partial charge in [0.25, 0.3) is 5.91 Å². The highest BCUT2D eigenvalue weighted by molar-refractivity contribution is 5.84. The third-order valence-corrected chi connectivity index (χ3v) is 2.78. The number of rotatable bonds is 2. The summed E-state index contributed by atoms with van der Waals surface area (Å²) in [5.41, 5.74) is 0. The van der Waals surface area contributed by atoms with Crippen molar-refractivity contribution in [1.29, 1.82) is 0 Å². The summed E-state index contributed by atoms with van der Waals surface area (Å²) in [7, 11) is 3.07. The van der Waals surface area contributed by atoms with Crippen molar-refractivity contribution < 1.29 is 27.2 Å². The van der Waals surface area contributed by atoms with Gasteiger partial charge in [-0.15, -0.1) is 0 Å². The molecule has 0 unspecified atom stereocenters. The number of amides is 3. The summed E-state index contributed by atoms with van der Waals surface area (Å²) in [6.45, 7) is -0.272. The molecule has 1 fully saturated rings. The molecule has 9 heteroatoms. The van der Waals surface area contributed by atoms with E-state index >= 15 is 0 Å². The fraction of sp³-hybridized carbons (Fsp3) is 0.800. The zero-order valence-corrected chi connectivity index (χ0v) is 10.6. The molecule has 0 aromatic carbocycles. The number of alkyl halides is 4. The molecule has 110 valence electrons. The molecule has 5 nitrogen and oxygen atoms in total. The molecule has 19 heavy (non-hydrogen) atoms. The zero-order chi connectivity index (χ0) is 14.8. The molecule has 0 N–H and O–H groups in total. The van der Waals surface area contributed by atoms with Crippen LogP contribution in [0.25, 0.3) is 0 Å². The van der Waals surface area contributed by atoms with Gasteiger partial charge in [0, 0.05) is 40.3 Å². The molecule has 1 aliphatic heterocycles. The van der Waals surface area contributed by atoms with Crippen LogP contribution in [0, 0.1) is 0 Å². The van der Waals surface area contributed by atoms with Gasteiger partial charge < -0.3 is 14.7 Å². The van der Waals surface area contributed by atoms with E-state index in [0.29, 0.717) is 4.90 Å². The fourth-order valence-corrected chi connectivity index (χ4v) is 1.69. The standard InChI is InChI=1S/C10H15F4N3O2/c1-15(2)9(19)17-5-3-16(4-6-17)8(18)10(13,14)7(11)12/h7H,3-6H2,1-2H3. The van der Waals surface area contributed by atoms with Gasteiger partial charge >= 0.3 is 18.4 Å². The van der Waals surface area contributed by atoms with E-state index < -0.39 is 18.3 Å². The maximum atomic E-state index is 12.9. The highest BCUT2D eigenvalue weighted by Crippen LogP contribution is 2.25. The number of urea groups is 1. The molecule has 0 radical (unpaired) electrons. The van der Waals surface area contributed by atoms with Crippen LogP contribution in [0.1, 0.15) is 0 Å². The van der Waals surface area contributed by atoms with E-state index in [4.69, 9.17) is 0 Å². The number of halogens is 4. The van der Waals surface area contributed by atoms with Crippen molar-refractivity contribution in [2.45, 2.75) is 12.3 Å². The second-order valence-corrected chi connectivity index (χ2v) is 4.38. The molecule has 0 saturated carbocycles. The summed E-state index contributed by atoms with van der Waals surface area (Å²) in [4.78, 5) is 26.1. The lowest BCUT2D eigenvalue weighted by molar-refractivity contribution is -0.181. The molecular formula is C10H15F4N3O2. The monoisotopic (exact) mass is 285 g/mol. The third-order valence-electron chi connectivity index (χ3n) is 2.78. The van der Waals surface area contributed by atoms with E-state index in [-0.39, 0.29) is 32.2 Å². The fourth-order valence-electron chi connectivity index (χ4n) is 1.69. The van der Waals surface area contributed by atoms with Crippen LogP contribution in [-0.4, -0.2) is 79.3 Å². The third kappa shape index (κ3) is 3.27. The second-order valence-electron chi connectivity index (χ2n) is 4.38. The summed E-state index contributed by atoms with van der Waals surface area (Å²) in [6, 6.07) is -0.312. The van der Waals surface area contributed by atoms with Crippen molar-refractivity contribution in [3.63, 3.8) is 0 Å². The molecule has 0 aromatic rings. The second kappa shape index (κ2) is 5.62. The summed E-state index contributed by atoms with van der Waals surface area (Å²) in [6.07, 6.45) is -4.03. The van der Waals surface area contributed by atoms with Crippen molar-refractivity contribution in [2.75, 3.05) is 40.3 Å².